The Morgan fingerprint density at radius 1 is 1.25 bits per heavy atom. The fourth-order valence-corrected chi connectivity index (χ4v) is 2.84. The van der Waals surface area contributed by atoms with Crippen molar-refractivity contribution in [3.8, 4) is 0 Å². The molecule has 0 saturated carbocycles. The van der Waals surface area contributed by atoms with E-state index in [9.17, 15) is 0 Å². The summed E-state index contributed by atoms with van der Waals surface area (Å²) in [5, 5.41) is 9.84. The summed E-state index contributed by atoms with van der Waals surface area (Å²) in [6, 6.07) is 0. The van der Waals surface area contributed by atoms with Gasteiger partial charge in [-0.25, -0.2) is 9.98 Å². The molecule has 7 heteroatoms. The molecule has 0 saturated heterocycles. The number of halogens is 1. The van der Waals surface area contributed by atoms with Crippen molar-refractivity contribution in [1.29, 1.82) is 0 Å². The summed E-state index contributed by atoms with van der Waals surface area (Å²) in [6.45, 7) is 14.7. The highest BCUT2D eigenvalue weighted by atomic mass is 127. The molecule has 0 atom stereocenters. The Morgan fingerprint density at radius 2 is 2.00 bits per heavy atom. The van der Waals surface area contributed by atoms with Crippen LogP contribution in [0.4, 0.5) is 0 Å². The van der Waals surface area contributed by atoms with Crippen molar-refractivity contribution >= 4 is 41.3 Å². The number of aromatic nitrogens is 1. The normalized spacial score (nSPS) is 12.0. The van der Waals surface area contributed by atoms with Gasteiger partial charge < -0.3 is 15.4 Å². The van der Waals surface area contributed by atoms with Crippen molar-refractivity contribution in [2.75, 3.05) is 26.3 Å². The summed E-state index contributed by atoms with van der Waals surface area (Å²) >= 11 is 1.68. The van der Waals surface area contributed by atoms with Crippen LogP contribution in [0.15, 0.2) is 10.4 Å². The Balaban J connectivity index is 0.00000529. The lowest BCUT2D eigenvalue weighted by Crippen LogP contribution is -2.37. The lowest BCUT2D eigenvalue weighted by Gasteiger charge is -2.14. The van der Waals surface area contributed by atoms with Gasteiger partial charge in [0.05, 0.1) is 12.2 Å². The van der Waals surface area contributed by atoms with Gasteiger partial charge in [0.25, 0.3) is 0 Å². The van der Waals surface area contributed by atoms with Crippen LogP contribution in [0.1, 0.15) is 58.2 Å². The van der Waals surface area contributed by atoms with Crippen molar-refractivity contribution in [2.45, 2.75) is 59.4 Å². The van der Waals surface area contributed by atoms with E-state index < -0.39 is 0 Å². The minimum Gasteiger partial charge on any atom is -0.382 e. The predicted octanol–water partition coefficient (Wildman–Crippen LogP) is 3.93. The molecular weight excluding hydrogens is 435 g/mol. The van der Waals surface area contributed by atoms with Crippen molar-refractivity contribution in [2.24, 2.45) is 4.99 Å². The average Bonchev–Trinajstić information content (AvgIpc) is 2.97. The number of hydrogen-bond acceptors (Lipinski definition) is 4. The summed E-state index contributed by atoms with van der Waals surface area (Å²) in [6.07, 6.45) is 2.15. The number of ether oxygens (including phenoxy) is 1. The number of guanidine groups is 1. The summed E-state index contributed by atoms with van der Waals surface area (Å²) in [7, 11) is 0. The third-order valence-electron chi connectivity index (χ3n) is 3.25. The molecule has 24 heavy (non-hydrogen) atoms. The maximum Gasteiger partial charge on any atom is 0.191 e. The van der Waals surface area contributed by atoms with E-state index in [2.05, 4.69) is 53.7 Å². The first-order valence-corrected chi connectivity index (χ1v) is 9.40. The van der Waals surface area contributed by atoms with E-state index in [0.717, 1.165) is 55.8 Å². The third kappa shape index (κ3) is 9.78. The van der Waals surface area contributed by atoms with Gasteiger partial charge in [-0.05, 0) is 26.7 Å². The van der Waals surface area contributed by atoms with Crippen LogP contribution in [0.25, 0.3) is 0 Å². The topological polar surface area (TPSA) is 58.5 Å². The number of thiazole rings is 1. The number of aliphatic imine (C=N–C) groups is 1. The van der Waals surface area contributed by atoms with Crippen molar-refractivity contribution < 1.29 is 4.74 Å². The Labute approximate surface area is 168 Å². The first-order chi connectivity index (χ1) is 11.0. The molecular formula is C17H33IN4OS. The molecule has 2 N–H and O–H groups in total. The van der Waals surface area contributed by atoms with Crippen LogP contribution in [-0.4, -0.2) is 37.2 Å². The van der Waals surface area contributed by atoms with Gasteiger partial charge in [-0.2, -0.15) is 0 Å². The van der Waals surface area contributed by atoms with Crippen LogP contribution in [0.5, 0.6) is 0 Å². The SMILES string of the molecule is CCNC(=NCc1nc(C(C)(C)C)cs1)NCCCCOCC.I. The molecule has 0 aliphatic rings. The van der Waals surface area contributed by atoms with Crippen LogP contribution in [0.3, 0.4) is 0 Å². The molecule has 0 bridgehead atoms. The largest absolute Gasteiger partial charge is 0.382 e. The first-order valence-electron chi connectivity index (χ1n) is 8.52. The summed E-state index contributed by atoms with van der Waals surface area (Å²) in [5.74, 6) is 0.858. The zero-order chi connectivity index (χ0) is 17.1. The average molecular weight is 468 g/mol. The van der Waals surface area contributed by atoms with Gasteiger partial charge in [-0.1, -0.05) is 20.8 Å². The molecule has 0 unspecified atom stereocenters. The van der Waals surface area contributed by atoms with E-state index >= 15 is 0 Å². The number of nitrogens with zero attached hydrogens (tertiary/aromatic N) is 2. The number of nitrogens with one attached hydrogen (secondary N) is 2. The zero-order valence-corrected chi connectivity index (χ0v) is 18.8. The Bertz CT molecular complexity index is 471. The second kappa shape index (κ2) is 12.9. The molecule has 1 aromatic heterocycles. The summed E-state index contributed by atoms with van der Waals surface area (Å²) in [5.41, 5.74) is 1.24. The predicted molar refractivity (Wildman–Crippen MR) is 115 cm³/mol. The van der Waals surface area contributed by atoms with Crippen molar-refractivity contribution in [3.63, 3.8) is 0 Å². The highest BCUT2D eigenvalue weighted by molar-refractivity contribution is 14.0. The van der Waals surface area contributed by atoms with Crippen LogP contribution in [0.2, 0.25) is 0 Å². The molecule has 1 rings (SSSR count). The first kappa shape index (κ1) is 23.6. The molecule has 0 aliphatic carbocycles. The Kier molecular flexibility index (Phi) is 12.7. The fraction of sp³-hybridized carbons (Fsp3) is 0.765. The van der Waals surface area contributed by atoms with E-state index in [1.54, 1.807) is 11.3 Å². The second-order valence-corrected chi connectivity index (χ2v) is 7.35. The van der Waals surface area contributed by atoms with Gasteiger partial charge in [0.2, 0.25) is 0 Å². The molecule has 0 fully saturated rings. The van der Waals surface area contributed by atoms with Gasteiger partial charge in [-0.15, -0.1) is 35.3 Å². The quantitative estimate of drug-likeness (QED) is 0.250. The van der Waals surface area contributed by atoms with Gasteiger partial charge in [0, 0.05) is 37.1 Å². The Hall–Kier alpha value is -0.410. The monoisotopic (exact) mass is 468 g/mol. The van der Waals surface area contributed by atoms with Gasteiger partial charge >= 0.3 is 0 Å². The van der Waals surface area contributed by atoms with Crippen LogP contribution < -0.4 is 10.6 Å². The molecule has 1 heterocycles. The highest BCUT2D eigenvalue weighted by Crippen LogP contribution is 2.24. The van der Waals surface area contributed by atoms with E-state index in [1.165, 1.54) is 0 Å². The molecule has 1 aromatic rings. The fourth-order valence-electron chi connectivity index (χ4n) is 1.90. The zero-order valence-electron chi connectivity index (χ0n) is 15.6. The van der Waals surface area contributed by atoms with Crippen molar-refractivity contribution in [1.82, 2.24) is 15.6 Å². The molecule has 5 nitrogen and oxygen atoms in total. The lowest BCUT2D eigenvalue weighted by atomic mass is 9.93. The summed E-state index contributed by atoms with van der Waals surface area (Å²) < 4.78 is 5.34. The number of hydrogen-bond donors (Lipinski definition) is 2. The number of rotatable bonds is 9. The lowest BCUT2D eigenvalue weighted by molar-refractivity contribution is 0.143. The Morgan fingerprint density at radius 3 is 2.58 bits per heavy atom. The molecule has 0 amide bonds. The van der Waals surface area contributed by atoms with Gasteiger partial charge in [-0.3, -0.25) is 0 Å². The third-order valence-corrected chi connectivity index (χ3v) is 4.08. The summed E-state index contributed by atoms with van der Waals surface area (Å²) in [4.78, 5) is 9.31. The van der Waals surface area contributed by atoms with E-state index in [1.807, 2.05) is 6.92 Å². The molecule has 0 aromatic carbocycles. The molecule has 140 valence electrons. The number of unbranched alkanes of at least 4 members (excludes halogenated alkanes) is 1. The van der Waals surface area contributed by atoms with E-state index in [0.29, 0.717) is 6.54 Å². The van der Waals surface area contributed by atoms with Crippen LogP contribution in [0, 0.1) is 0 Å². The minimum absolute atomic E-state index is 0. The second-order valence-electron chi connectivity index (χ2n) is 6.40. The molecule has 0 radical (unpaired) electrons. The van der Waals surface area contributed by atoms with Crippen LogP contribution >= 0.6 is 35.3 Å². The molecule has 0 aliphatic heterocycles. The highest BCUT2D eigenvalue weighted by Gasteiger charge is 2.17. The smallest absolute Gasteiger partial charge is 0.191 e. The van der Waals surface area contributed by atoms with Crippen molar-refractivity contribution in [3.05, 3.63) is 16.1 Å². The van der Waals surface area contributed by atoms with Crippen LogP contribution in [-0.2, 0) is 16.7 Å². The molecule has 0 spiro atoms. The minimum atomic E-state index is 0. The van der Waals surface area contributed by atoms with Gasteiger partial charge in [0.1, 0.15) is 5.01 Å². The maximum absolute atomic E-state index is 5.34. The maximum atomic E-state index is 5.34. The van der Waals surface area contributed by atoms with E-state index in [4.69, 9.17) is 4.74 Å². The standard InChI is InChI=1S/C17H32N4OS.HI/c1-6-18-16(19-10-8-9-11-22-7-2)20-12-15-21-14(13-23-15)17(3,4)5;/h13H,6-12H2,1-5H3,(H2,18,19,20);1H. The van der Waals surface area contributed by atoms with E-state index in [-0.39, 0.29) is 29.4 Å². The van der Waals surface area contributed by atoms with Gasteiger partial charge in [0.15, 0.2) is 5.96 Å².